The summed E-state index contributed by atoms with van der Waals surface area (Å²) in [4.78, 5) is 3.82. The Morgan fingerprint density at radius 3 is 2.47 bits per heavy atom. The van der Waals surface area contributed by atoms with Crippen molar-refractivity contribution in [1.82, 2.24) is 4.98 Å². The van der Waals surface area contributed by atoms with Gasteiger partial charge in [-0.05, 0) is 13.3 Å². The van der Waals surface area contributed by atoms with E-state index in [1.807, 2.05) is 0 Å². The molecule has 19 heavy (non-hydrogen) atoms. The Hall–Kier alpha value is -0.420. The lowest BCUT2D eigenvalue weighted by molar-refractivity contribution is 0.199. The molecule has 1 N–H and O–H groups in total. The molecule has 0 aliphatic rings. The lowest BCUT2D eigenvalue weighted by Crippen LogP contribution is -2.17. The molecule has 1 aromatic heterocycles. The summed E-state index contributed by atoms with van der Waals surface area (Å²) in [5, 5.41) is -0.0193. The van der Waals surface area contributed by atoms with Crippen molar-refractivity contribution in [2.24, 2.45) is 0 Å². The fourth-order valence-corrected chi connectivity index (χ4v) is 4.89. The molecule has 0 saturated heterocycles. The van der Waals surface area contributed by atoms with E-state index in [-0.39, 0.29) is 20.8 Å². The van der Waals surface area contributed by atoms with Crippen LogP contribution in [0.25, 0.3) is 0 Å². The number of thiazole rings is 1. The van der Waals surface area contributed by atoms with Gasteiger partial charge >= 0.3 is 0 Å². The van der Waals surface area contributed by atoms with Crippen molar-refractivity contribution in [3.05, 3.63) is 5.69 Å². The average molecular weight is 349 g/mol. The highest BCUT2D eigenvalue weighted by molar-refractivity contribution is 8.15. The molecule has 7 nitrogen and oxygen atoms in total. The van der Waals surface area contributed by atoms with Crippen molar-refractivity contribution >= 4 is 46.2 Å². The van der Waals surface area contributed by atoms with Crippen molar-refractivity contribution < 1.29 is 21.6 Å². The molecule has 0 unspecified atom stereocenters. The quantitative estimate of drug-likeness (QED) is 0.586. The molecule has 11 heteroatoms. The third-order valence-corrected chi connectivity index (χ3v) is 6.69. The number of hydrogen-bond acceptors (Lipinski definition) is 7. The number of hydrogen-bond donors (Lipinski definition) is 1. The van der Waals surface area contributed by atoms with E-state index in [9.17, 15) is 16.8 Å². The zero-order chi connectivity index (χ0) is 14.7. The highest BCUT2D eigenvalue weighted by atomic mass is 35.7. The molecule has 0 spiro atoms. The summed E-state index contributed by atoms with van der Waals surface area (Å²) in [6.45, 7) is 1.76. The Morgan fingerprint density at radius 1 is 1.37 bits per heavy atom. The van der Waals surface area contributed by atoms with Gasteiger partial charge in [-0.25, -0.2) is 21.8 Å². The number of rotatable bonds is 7. The molecule has 0 saturated carbocycles. The maximum Gasteiger partial charge on any atom is 0.272 e. The molecule has 1 heterocycles. The summed E-state index contributed by atoms with van der Waals surface area (Å²) in [5.41, 5.74) is 0.162. The number of aromatic nitrogens is 1. The van der Waals surface area contributed by atoms with E-state index in [4.69, 9.17) is 15.4 Å². The van der Waals surface area contributed by atoms with Crippen LogP contribution in [-0.2, 0) is 23.8 Å². The SMILES string of the molecule is COCCCS(=O)(=O)Nc1nc(C)c(S(=O)(=O)Cl)s1. The van der Waals surface area contributed by atoms with Gasteiger partial charge in [-0.3, -0.25) is 4.72 Å². The van der Waals surface area contributed by atoms with Gasteiger partial charge in [-0.15, -0.1) is 0 Å². The van der Waals surface area contributed by atoms with Gasteiger partial charge in [0.15, 0.2) is 9.34 Å². The molecule has 0 radical (unpaired) electrons. The zero-order valence-corrected chi connectivity index (χ0v) is 13.4. The van der Waals surface area contributed by atoms with Gasteiger partial charge < -0.3 is 4.74 Å². The molecular weight excluding hydrogens is 336 g/mol. The molecule has 1 aromatic rings. The minimum atomic E-state index is -3.92. The number of ether oxygens (including phenoxy) is 1. The third kappa shape index (κ3) is 5.22. The molecule has 0 aromatic carbocycles. The van der Waals surface area contributed by atoms with Crippen molar-refractivity contribution in [3.63, 3.8) is 0 Å². The van der Waals surface area contributed by atoms with Gasteiger partial charge in [-0.2, -0.15) is 0 Å². The zero-order valence-electron chi connectivity index (χ0n) is 10.2. The van der Waals surface area contributed by atoms with Crippen molar-refractivity contribution in [3.8, 4) is 0 Å². The van der Waals surface area contributed by atoms with E-state index < -0.39 is 19.1 Å². The first-order valence-corrected chi connectivity index (χ1v) is 9.85. The minimum absolute atomic E-state index is 0.0193. The van der Waals surface area contributed by atoms with Crippen molar-refractivity contribution in [1.29, 1.82) is 0 Å². The minimum Gasteiger partial charge on any atom is -0.385 e. The summed E-state index contributed by atoms with van der Waals surface area (Å²) < 4.78 is 52.5. The van der Waals surface area contributed by atoms with Crippen LogP contribution in [0.15, 0.2) is 4.21 Å². The summed E-state index contributed by atoms with van der Waals surface area (Å²) in [7, 11) is -0.818. The molecule has 1 rings (SSSR count). The Kier molecular flexibility index (Phi) is 5.56. The van der Waals surface area contributed by atoms with Crippen molar-refractivity contribution in [2.75, 3.05) is 24.2 Å². The maximum absolute atomic E-state index is 11.7. The van der Waals surface area contributed by atoms with Crippen LogP contribution in [0.1, 0.15) is 12.1 Å². The first kappa shape index (κ1) is 16.6. The number of anilines is 1. The van der Waals surface area contributed by atoms with Crippen LogP contribution in [0.3, 0.4) is 0 Å². The van der Waals surface area contributed by atoms with E-state index in [1.54, 1.807) is 0 Å². The lowest BCUT2D eigenvalue weighted by atomic mass is 10.5. The average Bonchev–Trinajstić information content (AvgIpc) is 2.58. The fraction of sp³-hybridized carbons (Fsp3) is 0.625. The second kappa shape index (κ2) is 6.35. The van der Waals surface area contributed by atoms with Crippen LogP contribution >= 0.6 is 22.0 Å². The molecule has 0 aliphatic heterocycles. The van der Waals surface area contributed by atoms with Gasteiger partial charge in [0.25, 0.3) is 9.05 Å². The number of aryl methyl sites for hydroxylation is 1. The Bertz CT molecular complexity index is 637. The number of nitrogens with zero attached hydrogens (tertiary/aromatic N) is 1. The standard InChI is InChI=1S/C8H13ClN2O5S3/c1-6-7(19(9,14)15)17-8(10-6)11-18(12,13)5-3-4-16-2/h3-5H2,1-2H3,(H,10,11). The van der Waals surface area contributed by atoms with Crippen LogP contribution in [0.4, 0.5) is 5.13 Å². The third-order valence-electron chi connectivity index (χ3n) is 1.98. The highest BCUT2D eigenvalue weighted by Crippen LogP contribution is 2.30. The smallest absolute Gasteiger partial charge is 0.272 e. The number of sulfonamides is 1. The van der Waals surface area contributed by atoms with Crippen LogP contribution < -0.4 is 4.72 Å². The summed E-state index contributed by atoms with van der Waals surface area (Å²) >= 11 is 0.680. The van der Waals surface area contributed by atoms with E-state index in [0.717, 1.165) is 0 Å². The molecule has 0 aliphatic carbocycles. The van der Waals surface area contributed by atoms with Crippen LogP contribution in [0.5, 0.6) is 0 Å². The summed E-state index contributed by atoms with van der Waals surface area (Å²) in [5.74, 6) is -0.136. The van der Waals surface area contributed by atoms with Crippen molar-refractivity contribution in [2.45, 2.75) is 17.6 Å². The van der Waals surface area contributed by atoms with Gasteiger partial charge in [-0.1, -0.05) is 11.3 Å². The van der Waals surface area contributed by atoms with Crippen LogP contribution in [0.2, 0.25) is 0 Å². The highest BCUT2D eigenvalue weighted by Gasteiger charge is 2.21. The summed E-state index contributed by atoms with van der Waals surface area (Å²) in [6.07, 6.45) is 0.330. The molecular formula is C8H13ClN2O5S3. The largest absolute Gasteiger partial charge is 0.385 e. The van der Waals surface area contributed by atoms with E-state index >= 15 is 0 Å². The predicted molar refractivity (Wildman–Crippen MR) is 73.8 cm³/mol. The van der Waals surface area contributed by atoms with Gasteiger partial charge in [0.2, 0.25) is 10.0 Å². The lowest BCUT2D eigenvalue weighted by Gasteiger charge is -2.03. The molecule has 0 atom stereocenters. The van der Waals surface area contributed by atoms with Gasteiger partial charge in [0.1, 0.15) is 0 Å². The van der Waals surface area contributed by atoms with Gasteiger partial charge in [0.05, 0.1) is 11.4 Å². The van der Waals surface area contributed by atoms with E-state index in [0.29, 0.717) is 24.4 Å². The van der Waals surface area contributed by atoms with E-state index in [2.05, 4.69) is 9.71 Å². The molecule has 0 bridgehead atoms. The second-order valence-electron chi connectivity index (χ2n) is 3.60. The topological polar surface area (TPSA) is 102 Å². The molecule has 110 valence electrons. The molecule has 0 fully saturated rings. The Labute approximate surface area is 120 Å². The fourth-order valence-electron chi connectivity index (χ4n) is 1.23. The summed E-state index contributed by atoms with van der Waals surface area (Å²) in [6, 6.07) is 0. The van der Waals surface area contributed by atoms with E-state index in [1.165, 1.54) is 14.0 Å². The second-order valence-corrected chi connectivity index (χ2v) is 9.20. The Balaban J connectivity index is 2.84. The number of nitrogens with one attached hydrogen (secondary N) is 1. The van der Waals surface area contributed by atoms with Crippen LogP contribution in [-0.4, -0.2) is 41.3 Å². The van der Waals surface area contributed by atoms with Crippen LogP contribution in [0, 0.1) is 6.92 Å². The monoisotopic (exact) mass is 348 g/mol. The first-order valence-electron chi connectivity index (χ1n) is 5.07. The maximum atomic E-state index is 11.7. The Morgan fingerprint density at radius 2 is 2.00 bits per heavy atom. The van der Waals surface area contributed by atoms with Gasteiger partial charge in [0, 0.05) is 24.4 Å². The predicted octanol–water partition coefficient (Wildman–Crippen LogP) is 1.16. The first-order chi connectivity index (χ1) is 8.65. The molecule has 0 amide bonds. The number of methoxy groups -OCH3 is 1. The number of halogens is 1. The normalized spacial score (nSPS) is 12.6.